The summed E-state index contributed by atoms with van der Waals surface area (Å²) in [5, 5.41) is 7.76. The lowest BCUT2D eigenvalue weighted by molar-refractivity contribution is 0.849. The number of para-hydroxylation sites is 2. The van der Waals surface area contributed by atoms with Gasteiger partial charge in [0.05, 0.1) is 16.7 Å². The minimum absolute atomic E-state index is 0.306. The molecular weight excluding hydrogens is 685 g/mol. The second-order valence-electron chi connectivity index (χ2n) is 14.5. The van der Waals surface area contributed by atoms with E-state index in [4.69, 9.17) is 0 Å². The third-order valence-corrected chi connectivity index (χ3v) is 12.5. The molecule has 0 N–H and O–H groups in total. The SMILES string of the molecule is C1=CC(c2cccc3c2sc2ccccc23)CC=C1N(c1ccc(-n2c3ccccc3c3cc4ccccc4cc32)cc1)c1ccccc1-c1ccccc1. The number of fused-ring (bicyclic) bond motifs is 7. The van der Waals surface area contributed by atoms with Crippen LogP contribution in [0.25, 0.3) is 69.6 Å². The summed E-state index contributed by atoms with van der Waals surface area (Å²) in [5.74, 6) is 0.306. The highest BCUT2D eigenvalue weighted by molar-refractivity contribution is 7.26. The molecule has 10 aromatic rings. The van der Waals surface area contributed by atoms with E-state index in [1.165, 1.54) is 75.1 Å². The van der Waals surface area contributed by atoms with Crippen molar-refractivity contribution in [3.05, 3.63) is 211 Å². The number of aromatic nitrogens is 1. The standard InChI is InChI=1S/C52H36N2S/c1-2-13-35(14-3-1)42-17-6-9-22-48(42)53(39-27-25-36(26-28-39)43-20-12-21-46-45-19-8-11-24-51(45)55-52(43)46)40-29-31-41(32-30-40)54-49-23-10-7-18-44(49)47-33-37-15-4-5-16-38(37)34-50(47)54/h1-25,27-34,36H,26H2. The topological polar surface area (TPSA) is 8.17 Å². The smallest absolute Gasteiger partial charge is 0.0547 e. The maximum Gasteiger partial charge on any atom is 0.0547 e. The van der Waals surface area contributed by atoms with Crippen LogP contribution in [-0.4, -0.2) is 4.57 Å². The summed E-state index contributed by atoms with van der Waals surface area (Å²) >= 11 is 1.92. The van der Waals surface area contributed by atoms with Crippen LogP contribution in [0.15, 0.2) is 206 Å². The van der Waals surface area contributed by atoms with Gasteiger partial charge in [-0.3, -0.25) is 0 Å². The van der Waals surface area contributed by atoms with Crippen LogP contribution in [0.5, 0.6) is 0 Å². The molecule has 0 saturated carbocycles. The first-order chi connectivity index (χ1) is 27.3. The molecule has 8 aromatic carbocycles. The number of nitrogens with zero attached hydrogens (tertiary/aromatic N) is 2. The van der Waals surface area contributed by atoms with Gasteiger partial charge in [0, 0.05) is 59.5 Å². The van der Waals surface area contributed by atoms with Crippen molar-refractivity contribution >= 4 is 75.5 Å². The Labute approximate surface area is 324 Å². The van der Waals surface area contributed by atoms with Crippen molar-refractivity contribution in [3.63, 3.8) is 0 Å². The van der Waals surface area contributed by atoms with Crippen LogP contribution < -0.4 is 4.90 Å². The highest BCUT2D eigenvalue weighted by Crippen LogP contribution is 2.44. The molecule has 260 valence electrons. The van der Waals surface area contributed by atoms with E-state index in [0.29, 0.717) is 5.92 Å². The number of benzene rings is 8. The molecule has 0 amide bonds. The van der Waals surface area contributed by atoms with Gasteiger partial charge in [0.2, 0.25) is 0 Å². The van der Waals surface area contributed by atoms with Crippen LogP contribution in [-0.2, 0) is 0 Å². The molecule has 2 heterocycles. The van der Waals surface area contributed by atoms with Crippen molar-refractivity contribution in [1.82, 2.24) is 4.57 Å². The van der Waals surface area contributed by atoms with Gasteiger partial charge in [-0.25, -0.2) is 0 Å². The monoisotopic (exact) mass is 720 g/mol. The second-order valence-corrected chi connectivity index (χ2v) is 15.5. The van der Waals surface area contributed by atoms with Gasteiger partial charge in [-0.2, -0.15) is 0 Å². The normalized spacial score (nSPS) is 14.3. The van der Waals surface area contributed by atoms with Gasteiger partial charge >= 0.3 is 0 Å². The Bertz CT molecular complexity index is 3130. The third kappa shape index (κ3) is 5.31. The van der Waals surface area contributed by atoms with E-state index < -0.39 is 0 Å². The lowest BCUT2D eigenvalue weighted by atomic mass is 9.90. The van der Waals surface area contributed by atoms with E-state index >= 15 is 0 Å². The molecule has 0 radical (unpaired) electrons. The lowest BCUT2D eigenvalue weighted by Gasteiger charge is -2.31. The zero-order valence-corrected chi connectivity index (χ0v) is 31.0. The van der Waals surface area contributed by atoms with E-state index in [-0.39, 0.29) is 0 Å². The van der Waals surface area contributed by atoms with Crippen molar-refractivity contribution in [2.24, 2.45) is 0 Å². The molecule has 0 saturated heterocycles. The largest absolute Gasteiger partial charge is 0.310 e. The predicted molar refractivity (Wildman–Crippen MR) is 236 cm³/mol. The molecule has 0 fully saturated rings. The first kappa shape index (κ1) is 31.8. The quantitative estimate of drug-likeness (QED) is 0.166. The van der Waals surface area contributed by atoms with Crippen molar-refractivity contribution in [2.45, 2.75) is 12.3 Å². The maximum atomic E-state index is 2.44. The van der Waals surface area contributed by atoms with Crippen LogP contribution >= 0.6 is 11.3 Å². The third-order valence-electron chi connectivity index (χ3n) is 11.3. The molecule has 0 spiro atoms. The number of thiophene rings is 1. The number of allylic oxidation sites excluding steroid dienone is 3. The molecule has 1 unspecified atom stereocenters. The number of anilines is 2. The van der Waals surface area contributed by atoms with E-state index in [9.17, 15) is 0 Å². The summed E-state index contributed by atoms with van der Waals surface area (Å²) in [7, 11) is 0. The Hall–Kier alpha value is -6.68. The van der Waals surface area contributed by atoms with Gasteiger partial charge in [-0.1, -0.05) is 140 Å². The number of rotatable bonds is 6. The summed E-state index contributed by atoms with van der Waals surface area (Å²) in [6, 6.07) is 66.4. The molecule has 0 bridgehead atoms. The van der Waals surface area contributed by atoms with Gasteiger partial charge in [-0.15, -0.1) is 11.3 Å². The molecule has 1 aliphatic carbocycles. The van der Waals surface area contributed by atoms with Gasteiger partial charge in [0.15, 0.2) is 0 Å². The maximum absolute atomic E-state index is 2.44. The van der Waals surface area contributed by atoms with Crippen molar-refractivity contribution in [2.75, 3.05) is 4.90 Å². The molecular formula is C52H36N2S. The van der Waals surface area contributed by atoms with E-state index in [2.05, 4.69) is 210 Å². The van der Waals surface area contributed by atoms with E-state index in [0.717, 1.165) is 23.5 Å². The first-order valence-electron chi connectivity index (χ1n) is 19.0. The minimum Gasteiger partial charge on any atom is -0.310 e. The summed E-state index contributed by atoms with van der Waals surface area (Å²) in [5.41, 5.74) is 10.8. The van der Waals surface area contributed by atoms with Crippen molar-refractivity contribution in [1.29, 1.82) is 0 Å². The number of hydrogen-bond donors (Lipinski definition) is 0. The van der Waals surface area contributed by atoms with E-state index in [1.807, 2.05) is 11.3 Å². The molecule has 11 rings (SSSR count). The van der Waals surface area contributed by atoms with Crippen LogP contribution in [0, 0.1) is 0 Å². The average molecular weight is 721 g/mol. The van der Waals surface area contributed by atoms with Gasteiger partial charge in [0.1, 0.15) is 0 Å². The van der Waals surface area contributed by atoms with Crippen molar-refractivity contribution < 1.29 is 0 Å². The highest BCUT2D eigenvalue weighted by Gasteiger charge is 2.23. The Morgan fingerprint density at radius 2 is 1.25 bits per heavy atom. The summed E-state index contributed by atoms with van der Waals surface area (Å²) in [4.78, 5) is 2.44. The van der Waals surface area contributed by atoms with Crippen LogP contribution in [0.1, 0.15) is 17.9 Å². The average Bonchev–Trinajstić information content (AvgIpc) is 3.79. The molecule has 1 aliphatic rings. The molecule has 0 aliphatic heterocycles. The fourth-order valence-corrected chi connectivity index (χ4v) is 9.99. The minimum atomic E-state index is 0.306. The van der Waals surface area contributed by atoms with Gasteiger partial charge in [-0.05, 0) is 89.0 Å². The molecule has 2 aromatic heterocycles. The summed E-state index contributed by atoms with van der Waals surface area (Å²) in [6.07, 6.45) is 8.12. The number of hydrogen-bond acceptors (Lipinski definition) is 2. The molecule has 2 nitrogen and oxygen atoms in total. The van der Waals surface area contributed by atoms with Crippen LogP contribution in [0.2, 0.25) is 0 Å². The second kappa shape index (κ2) is 13.0. The van der Waals surface area contributed by atoms with Crippen LogP contribution in [0.4, 0.5) is 11.4 Å². The summed E-state index contributed by atoms with van der Waals surface area (Å²) < 4.78 is 5.17. The highest BCUT2D eigenvalue weighted by atomic mass is 32.1. The van der Waals surface area contributed by atoms with Crippen molar-refractivity contribution in [3.8, 4) is 16.8 Å². The zero-order valence-electron chi connectivity index (χ0n) is 30.1. The Morgan fingerprint density at radius 1 is 0.545 bits per heavy atom. The fraction of sp³-hybridized carbons (Fsp3) is 0.0385. The lowest BCUT2D eigenvalue weighted by Crippen LogP contribution is -2.18. The van der Waals surface area contributed by atoms with E-state index in [1.54, 1.807) is 0 Å². The zero-order chi connectivity index (χ0) is 36.3. The van der Waals surface area contributed by atoms with Crippen LogP contribution in [0.3, 0.4) is 0 Å². The first-order valence-corrected chi connectivity index (χ1v) is 19.9. The van der Waals surface area contributed by atoms with Gasteiger partial charge in [0.25, 0.3) is 0 Å². The molecule has 55 heavy (non-hydrogen) atoms. The predicted octanol–water partition coefficient (Wildman–Crippen LogP) is 14.7. The Balaban J connectivity index is 1.03. The Morgan fingerprint density at radius 3 is 2.09 bits per heavy atom. The Kier molecular flexibility index (Phi) is 7.53. The fourth-order valence-electron chi connectivity index (χ4n) is 8.71. The summed E-state index contributed by atoms with van der Waals surface area (Å²) in [6.45, 7) is 0. The molecule has 1 atom stereocenters. The molecule has 3 heteroatoms. The van der Waals surface area contributed by atoms with Gasteiger partial charge < -0.3 is 9.47 Å².